The molecule has 1 aliphatic carbocycles. The van der Waals surface area contributed by atoms with Crippen molar-refractivity contribution in [3.8, 4) is 0 Å². The third-order valence-corrected chi connectivity index (χ3v) is 5.99. The molecule has 7 heteroatoms. The first-order valence-electron chi connectivity index (χ1n) is 5.44. The molecule has 96 valence electrons. The summed E-state index contributed by atoms with van der Waals surface area (Å²) in [5.41, 5.74) is 0.143. The van der Waals surface area contributed by atoms with Gasteiger partial charge in [-0.25, -0.2) is 12.8 Å². The second-order valence-corrected chi connectivity index (χ2v) is 7.12. The van der Waals surface area contributed by atoms with Crippen LogP contribution in [0.3, 0.4) is 0 Å². The van der Waals surface area contributed by atoms with E-state index in [2.05, 4.69) is 15.9 Å². The number of nitrogens with zero attached hydrogens (tertiary/aromatic N) is 1. The van der Waals surface area contributed by atoms with Crippen LogP contribution in [0.4, 0.5) is 4.39 Å². The maximum atomic E-state index is 13.9. The predicted octanol–water partition coefficient (Wildman–Crippen LogP) is 1.82. The van der Waals surface area contributed by atoms with Crippen LogP contribution in [0.25, 0.3) is 0 Å². The van der Waals surface area contributed by atoms with E-state index in [0.29, 0.717) is 12.8 Å². The summed E-state index contributed by atoms with van der Waals surface area (Å²) in [6.07, 6.45) is 0.925. The quantitative estimate of drug-likeness (QED) is 0.787. The SMILES string of the molecule is O=C1CCC1N1Cc2c(ccc(Br)c2F)S1(=O)=O. The summed E-state index contributed by atoms with van der Waals surface area (Å²) in [5, 5.41) is 0. The Kier molecular flexibility index (Phi) is 2.62. The number of fused-ring (bicyclic) bond motifs is 1. The molecule has 4 nitrogen and oxygen atoms in total. The molecule has 0 N–H and O–H groups in total. The zero-order chi connectivity index (χ0) is 13.1. The number of hydrogen-bond acceptors (Lipinski definition) is 3. The molecule has 0 saturated heterocycles. The Morgan fingerprint density at radius 1 is 1.39 bits per heavy atom. The topological polar surface area (TPSA) is 54.5 Å². The molecule has 1 aliphatic heterocycles. The van der Waals surface area contributed by atoms with E-state index in [4.69, 9.17) is 0 Å². The summed E-state index contributed by atoms with van der Waals surface area (Å²) in [7, 11) is -3.73. The van der Waals surface area contributed by atoms with Gasteiger partial charge >= 0.3 is 0 Å². The van der Waals surface area contributed by atoms with Crippen molar-refractivity contribution in [3.63, 3.8) is 0 Å². The molecule has 1 heterocycles. The van der Waals surface area contributed by atoms with Crippen LogP contribution in [0.15, 0.2) is 21.5 Å². The standard InChI is InChI=1S/C11H9BrFNO3S/c12-7-1-4-10-6(11(7)13)5-14(18(10,16)17)8-2-3-9(8)15/h1,4,8H,2-3,5H2. The van der Waals surface area contributed by atoms with Crippen LogP contribution in [0, 0.1) is 5.82 Å². The van der Waals surface area contributed by atoms with Crippen LogP contribution in [-0.4, -0.2) is 24.5 Å². The normalized spacial score (nSPS) is 25.9. The van der Waals surface area contributed by atoms with Crippen LogP contribution < -0.4 is 0 Å². The van der Waals surface area contributed by atoms with Crippen LogP contribution in [0.1, 0.15) is 18.4 Å². The van der Waals surface area contributed by atoms with Crippen molar-refractivity contribution in [3.05, 3.63) is 28.0 Å². The van der Waals surface area contributed by atoms with E-state index in [-0.39, 0.29) is 27.3 Å². The van der Waals surface area contributed by atoms with Gasteiger partial charge in [0.25, 0.3) is 0 Å². The van der Waals surface area contributed by atoms with Gasteiger partial charge in [-0.3, -0.25) is 4.79 Å². The first-order chi connectivity index (χ1) is 8.43. The van der Waals surface area contributed by atoms with Crippen molar-refractivity contribution in [2.45, 2.75) is 30.3 Å². The minimum Gasteiger partial charge on any atom is -0.298 e. The molecule has 1 fully saturated rings. The van der Waals surface area contributed by atoms with Crippen LogP contribution in [0.2, 0.25) is 0 Å². The fraction of sp³-hybridized carbons (Fsp3) is 0.364. The van der Waals surface area contributed by atoms with Crippen LogP contribution in [0.5, 0.6) is 0 Å². The fourth-order valence-electron chi connectivity index (χ4n) is 2.30. The average molecular weight is 334 g/mol. The van der Waals surface area contributed by atoms with Crippen molar-refractivity contribution in [2.24, 2.45) is 0 Å². The molecule has 1 unspecified atom stereocenters. The first kappa shape index (κ1) is 12.3. The van der Waals surface area contributed by atoms with Gasteiger partial charge in [-0.05, 0) is 34.5 Å². The smallest absolute Gasteiger partial charge is 0.244 e. The van der Waals surface area contributed by atoms with Gasteiger partial charge in [0.15, 0.2) is 5.78 Å². The lowest BCUT2D eigenvalue weighted by atomic mass is 9.91. The molecule has 1 saturated carbocycles. The van der Waals surface area contributed by atoms with Gasteiger partial charge in [-0.2, -0.15) is 4.31 Å². The second kappa shape index (κ2) is 3.85. The summed E-state index contributed by atoms with van der Waals surface area (Å²) in [6.45, 7) is -0.0562. The minimum absolute atomic E-state index is 0.0251. The van der Waals surface area contributed by atoms with Crippen LogP contribution >= 0.6 is 15.9 Å². The number of sulfonamides is 1. The maximum absolute atomic E-state index is 13.9. The molecule has 18 heavy (non-hydrogen) atoms. The van der Waals surface area contributed by atoms with E-state index in [0.717, 1.165) is 4.31 Å². The molecule has 2 aliphatic rings. The summed E-state index contributed by atoms with van der Waals surface area (Å²) in [4.78, 5) is 11.4. The molecular weight excluding hydrogens is 325 g/mol. The lowest BCUT2D eigenvalue weighted by Gasteiger charge is -2.31. The molecule has 1 aromatic rings. The zero-order valence-electron chi connectivity index (χ0n) is 9.19. The van der Waals surface area contributed by atoms with Gasteiger partial charge in [-0.1, -0.05) is 0 Å². The van der Waals surface area contributed by atoms with Gasteiger partial charge in [0.1, 0.15) is 5.82 Å². The zero-order valence-corrected chi connectivity index (χ0v) is 11.6. The van der Waals surface area contributed by atoms with E-state index in [1.807, 2.05) is 0 Å². The van der Waals surface area contributed by atoms with Crippen molar-refractivity contribution >= 4 is 31.7 Å². The molecule has 1 atom stereocenters. The number of benzene rings is 1. The Hall–Kier alpha value is -0.790. The number of carbonyl (C=O) groups is 1. The molecule has 1 aromatic carbocycles. The van der Waals surface area contributed by atoms with Crippen molar-refractivity contribution in [1.29, 1.82) is 0 Å². The number of rotatable bonds is 1. The molecule has 0 bridgehead atoms. The monoisotopic (exact) mass is 333 g/mol. The van der Waals surface area contributed by atoms with E-state index in [9.17, 15) is 17.6 Å². The van der Waals surface area contributed by atoms with E-state index >= 15 is 0 Å². The first-order valence-corrected chi connectivity index (χ1v) is 7.67. The molecule has 0 aromatic heterocycles. The summed E-state index contributed by atoms with van der Waals surface area (Å²) in [6, 6.07) is 2.14. The molecule has 0 spiro atoms. The Labute approximate surface area is 112 Å². The van der Waals surface area contributed by atoms with Gasteiger partial charge in [0.2, 0.25) is 10.0 Å². The highest BCUT2D eigenvalue weighted by molar-refractivity contribution is 9.10. The van der Waals surface area contributed by atoms with E-state index < -0.39 is 21.9 Å². The molecular formula is C11H9BrFNO3S. The van der Waals surface area contributed by atoms with Crippen LogP contribution in [-0.2, 0) is 21.4 Å². The third kappa shape index (κ3) is 1.50. The summed E-state index contributed by atoms with van der Waals surface area (Å²) < 4.78 is 39.7. The predicted molar refractivity (Wildman–Crippen MR) is 64.9 cm³/mol. The lowest BCUT2D eigenvalue weighted by molar-refractivity contribution is -0.129. The van der Waals surface area contributed by atoms with Gasteiger partial charge in [0.05, 0.1) is 15.4 Å². The highest BCUT2D eigenvalue weighted by Gasteiger charge is 2.46. The fourth-order valence-corrected chi connectivity index (χ4v) is 4.49. The summed E-state index contributed by atoms with van der Waals surface area (Å²) in [5.74, 6) is -0.656. The number of ketones is 1. The molecule has 0 radical (unpaired) electrons. The van der Waals surface area contributed by atoms with Crippen molar-refractivity contribution < 1.29 is 17.6 Å². The van der Waals surface area contributed by atoms with Gasteiger partial charge < -0.3 is 0 Å². The van der Waals surface area contributed by atoms with Gasteiger partial charge in [0, 0.05) is 18.5 Å². The number of hydrogen-bond donors (Lipinski definition) is 0. The highest BCUT2D eigenvalue weighted by atomic mass is 79.9. The number of Topliss-reactive ketones (excluding diaryl/α,β-unsaturated/α-hetero) is 1. The van der Waals surface area contributed by atoms with E-state index in [1.165, 1.54) is 12.1 Å². The Bertz CT molecular complexity index is 658. The number of carbonyl (C=O) groups excluding carboxylic acids is 1. The second-order valence-electron chi connectivity index (χ2n) is 4.41. The Balaban J connectivity index is 2.11. The molecule has 0 amide bonds. The number of halogens is 2. The Morgan fingerprint density at radius 2 is 2.11 bits per heavy atom. The third-order valence-electron chi connectivity index (χ3n) is 3.44. The average Bonchev–Trinajstić information content (AvgIpc) is 2.56. The minimum atomic E-state index is -3.73. The Morgan fingerprint density at radius 3 is 2.67 bits per heavy atom. The summed E-state index contributed by atoms with van der Waals surface area (Å²) >= 11 is 3.03. The molecule has 3 rings (SSSR count). The van der Waals surface area contributed by atoms with Crippen molar-refractivity contribution in [1.82, 2.24) is 4.31 Å². The van der Waals surface area contributed by atoms with Gasteiger partial charge in [-0.15, -0.1) is 0 Å². The highest BCUT2D eigenvalue weighted by Crippen LogP contribution is 2.39. The van der Waals surface area contributed by atoms with E-state index in [1.54, 1.807) is 0 Å². The van der Waals surface area contributed by atoms with Crippen molar-refractivity contribution in [2.75, 3.05) is 0 Å². The lowest BCUT2D eigenvalue weighted by Crippen LogP contribution is -2.47. The largest absolute Gasteiger partial charge is 0.298 e. The maximum Gasteiger partial charge on any atom is 0.244 e.